The molecular formula is C29H37NO4Si. The van der Waals surface area contributed by atoms with Crippen molar-refractivity contribution in [1.29, 1.82) is 0 Å². The quantitative estimate of drug-likeness (QED) is 0.349. The maximum atomic E-state index is 11.4. The van der Waals surface area contributed by atoms with Crippen molar-refractivity contribution in [2.24, 2.45) is 0 Å². The molecule has 0 aromatic heterocycles. The van der Waals surface area contributed by atoms with Crippen molar-refractivity contribution < 1.29 is 19.4 Å². The first-order valence-electron chi connectivity index (χ1n) is 12.3. The summed E-state index contributed by atoms with van der Waals surface area (Å²) in [6.45, 7) is 8.58. The summed E-state index contributed by atoms with van der Waals surface area (Å²) in [5, 5.41) is 12.9. The molecule has 4 atom stereocenters. The molecule has 0 unspecified atom stereocenters. The second-order valence-corrected chi connectivity index (χ2v) is 15.6. The van der Waals surface area contributed by atoms with Crippen molar-refractivity contribution in [3.05, 3.63) is 108 Å². The zero-order valence-electron chi connectivity index (χ0n) is 20.9. The normalized spacial score (nSPS) is 23.0. The van der Waals surface area contributed by atoms with Crippen molar-refractivity contribution in [3.8, 4) is 0 Å². The monoisotopic (exact) mass is 491 g/mol. The molecule has 5 nitrogen and oxygen atoms in total. The fourth-order valence-corrected chi connectivity index (χ4v) is 7.02. The number of benzene rings is 3. The minimum absolute atomic E-state index is 0.114. The van der Waals surface area contributed by atoms with Crippen molar-refractivity contribution in [1.82, 2.24) is 5.06 Å². The number of hydrogen-bond acceptors (Lipinski definition) is 5. The highest BCUT2D eigenvalue weighted by Gasteiger charge is 2.55. The van der Waals surface area contributed by atoms with Crippen LogP contribution in [-0.4, -0.2) is 48.9 Å². The average Bonchev–Trinajstić information content (AvgIpc) is 3.14. The largest absolute Gasteiger partial charge is 0.375 e. The van der Waals surface area contributed by atoms with E-state index in [2.05, 4.69) is 43.9 Å². The Morgan fingerprint density at radius 2 is 1.09 bits per heavy atom. The molecule has 35 heavy (non-hydrogen) atoms. The molecule has 0 saturated carbocycles. The Morgan fingerprint density at radius 1 is 0.657 bits per heavy atom. The van der Waals surface area contributed by atoms with Gasteiger partial charge in [-0.05, 0) is 16.7 Å². The lowest BCUT2D eigenvalue weighted by molar-refractivity contribution is -0.152. The summed E-state index contributed by atoms with van der Waals surface area (Å²) in [5.41, 5.74) is 3.20. The Hall–Kier alpha value is -2.32. The molecule has 0 amide bonds. The molecule has 6 heteroatoms. The van der Waals surface area contributed by atoms with Gasteiger partial charge in [-0.3, -0.25) is 0 Å². The minimum atomic E-state index is -1.87. The first-order chi connectivity index (χ1) is 16.9. The van der Waals surface area contributed by atoms with Crippen LogP contribution in [0.1, 0.15) is 16.7 Å². The predicted molar refractivity (Wildman–Crippen MR) is 141 cm³/mol. The third-order valence-electron chi connectivity index (χ3n) is 6.50. The van der Waals surface area contributed by atoms with Gasteiger partial charge in [-0.25, -0.2) is 0 Å². The SMILES string of the molecule is C[Si](C)(C)[C@H]1[C@@H](OCc2ccccc2)[C@H](OCc2ccccc2)[C@@H](COCc2ccccc2)N1O. The highest BCUT2D eigenvalue weighted by molar-refractivity contribution is 6.77. The highest BCUT2D eigenvalue weighted by atomic mass is 28.3. The van der Waals surface area contributed by atoms with Crippen LogP contribution in [0.15, 0.2) is 91.0 Å². The summed E-state index contributed by atoms with van der Waals surface area (Å²) in [6.07, 6.45) is -0.586. The van der Waals surface area contributed by atoms with Gasteiger partial charge in [-0.15, -0.1) is 0 Å². The van der Waals surface area contributed by atoms with Gasteiger partial charge in [0.1, 0.15) is 12.2 Å². The van der Waals surface area contributed by atoms with Crippen molar-refractivity contribution in [2.45, 2.75) is 63.4 Å². The first-order valence-corrected chi connectivity index (χ1v) is 15.9. The summed E-state index contributed by atoms with van der Waals surface area (Å²) in [6, 6.07) is 30.1. The summed E-state index contributed by atoms with van der Waals surface area (Å²) in [4.78, 5) is 0. The molecule has 1 N–H and O–H groups in total. The van der Waals surface area contributed by atoms with Crippen LogP contribution in [0.25, 0.3) is 0 Å². The van der Waals surface area contributed by atoms with E-state index in [-0.39, 0.29) is 23.9 Å². The van der Waals surface area contributed by atoms with Crippen LogP contribution in [0, 0.1) is 0 Å². The molecule has 186 valence electrons. The zero-order valence-corrected chi connectivity index (χ0v) is 21.9. The second kappa shape index (κ2) is 12.1. The molecule has 3 aromatic carbocycles. The Balaban J connectivity index is 1.54. The van der Waals surface area contributed by atoms with Crippen LogP contribution in [0.2, 0.25) is 19.6 Å². The van der Waals surface area contributed by atoms with Crippen molar-refractivity contribution >= 4 is 8.07 Å². The van der Waals surface area contributed by atoms with E-state index in [0.29, 0.717) is 26.4 Å². The smallest absolute Gasteiger partial charge is 0.105 e. The van der Waals surface area contributed by atoms with E-state index in [9.17, 15) is 5.21 Å². The molecular weight excluding hydrogens is 454 g/mol. The number of hydrogen-bond donors (Lipinski definition) is 1. The Morgan fingerprint density at radius 3 is 1.54 bits per heavy atom. The molecule has 1 saturated heterocycles. The number of rotatable bonds is 11. The lowest BCUT2D eigenvalue weighted by Crippen LogP contribution is -2.53. The van der Waals surface area contributed by atoms with Gasteiger partial charge in [-0.1, -0.05) is 111 Å². The fraction of sp³-hybridized carbons (Fsp3) is 0.379. The third kappa shape index (κ3) is 6.88. The molecule has 3 aromatic rings. The van der Waals surface area contributed by atoms with Crippen LogP contribution in [0.3, 0.4) is 0 Å². The van der Waals surface area contributed by atoms with Gasteiger partial charge in [0, 0.05) is 0 Å². The van der Waals surface area contributed by atoms with E-state index >= 15 is 0 Å². The zero-order chi connectivity index (χ0) is 24.7. The Kier molecular flexibility index (Phi) is 8.89. The molecule has 1 heterocycles. The fourth-order valence-electron chi connectivity index (χ4n) is 4.76. The first kappa shape index (κ1) is 25.8. The minimum Gasteiger partial charge on any atom is -0.375 e. The molecule has 1 fully saturated rings. The van der Waals surface area contributed by atoms with E-state index in [0.717, 1.165) is 16.7 Å². The molecule has 0 bridgehead atoms. The van der Waals surface area contributed by atoms with E-state index in [4.69, 9.17) is 14.2 Å². The molecule has 4 rings (SSSR count). The van der Waals surface area contributed by atoms with Crippen LogP contribution < -0.4 is 0 Å². The van der Waals surface area contributed by atoms with Crippen LogP contribution in [0.5, 0.6) is 0 Å². The van der Waals surface area contributed by atoms with Crippen LogP contribution >= 0.6 is 0 Å². The topological polar surface area (TPSA) is 51.2 Å². The molecule has 0 radical (unpaired) electrons. The van der Waals surface area contributed by atoms with Gasteiger partial charge >= 0.3 is 0 Å². The van der Waals surface area contributed by atoms with Gasteiger partial charge in [0.2, 0.25) is 0 Å². The third-order valence-corrected chi connectivity index (χ3v) is 8.86. The van der Waals surface area contributed by atoms with Gasteiger partial charge in [0.25, 0.3) is 0 Å². The Bertz CT molecular complexity index is 1010. The number of ether oxygens (including phenoxy) is 3. The maximum Gasteiger partial charge on any atom is 0.105 e. The van der Waals surface area contributed by atoms with Crippen molar-refractivity contribution in [2.75, 3.05) is 6.61 Å². The summed E-state index contributed by atoms with van der Waals surface area (Å²) in [7, 11) is -1.87. The number of nitrogens with zero attached hydrogens (tertiary/aromatic N) is 1. The summed E-state index contributed by atoms with van der Waals surface area (Å²) in [5.74, 6) is 0. The van der Waals surface area contributed by atoms with E-state index in [1.807, 2.05) is 66.7 Å². The van der Waals surface area contributed by atoms with Crippen LogP contribution in [-0.2, 0) is 34.0 Å². The molecule has 1 aliphatic rings. The maximum absolute atomic E-state index is 11.4. The number of hydroxylamine groups is 2. The van der Waals surface area contributed by atoms with Gasteiger partial charge in [-0.2, -0.15) is 5.06 Å². The lowest BCUT2D eigenvalue weighted by Gasteiger charge is -2.34. The van der Waals surface area contributed by atoms with Gasteiger partial charge in [0.15, 0.2) is 0 Å². The van der Waals surface area contributed by atoms with Gasteiger partial charge < -0.3 is 19.4 Å². The summed E-state index contributed by atoms with van der Waals surface area (Å²) < 4.78 is 19.2. The van der Waals surface area contributed by atoms with Gasteiger partial charge in [0.05, 0.1) is 46.2 Å². The molecule has 0 spiro atoms. The van der Waals surface area contributed by atoms with E-state index < -0.39 is 8.07 Å². The predicted octanol–water partition coefficient (Wildman–Crippen LogP) is 5.69. The Labute approximate surface area is 210 Å². The van der Waals surface area contributed by atoms with E-state index in [1.165, 1.54) is 5.06 Å². The highest BCUT2D eigenvalue weighted by Crippen LogP contribution is 2.35. The average molecular weight is 492 g/mol. The van der Waals surface area contributed by atoms with E-state index in [1.54, 1.807) is 0 Å². The lowest BCUT2D eigenvalue weighted by atomic mass is 10.1. The molecule has 1 aliphatic heterocycles. The standard InChI is InChI=1S/C29H37NO4Si/c1-35(2,3)29-28(34-21-25-17-11-6-12-18-25)27(33-20-24-15-9-5-10-16-24)26(30(29)31)22-32-19-23-13-7-4-8-14-23/h4-18,26-29,31H,19-22H2,1-3H3/t26-,27-,28+,29+/m1/s1. The van der Waals surface area contributed by atoms with Crippen molar-refractivity contribution in [3.63, 3.8) is 0 Å². The van der Waals surface area contributed by atoms with Crippen LogP contribution in [0.4, 0.5) is 0 Å². The second-order valence-electron chi connectivity index (χ2n) is 10.3. The summed E-state index contributed by atoms with van der Waals surface area (Å²) >= 11 is 0. The molecule has 0 aliphatic carbocycles.